The first-order chi connectivity index (χ1) is 9.06. The molecule has 4 heteroatoms. The molecule has 0 radical (unpaired) electrons. The molecule has 1 fully saturated rings. The third kappa shape index (κ3) is 4.50. The molecule has 0 aliphatic heterocycles. The van der Waals surface area contributed by atoms with E-state index in [1.807, 2.05) is 12.1 Å². The normalized spacial score (nSPS) is 22.2. The highest BCUT2D eigenvalue weighted by atomic mass is 35.5. The van der Waals surface area contributed by atoms with Crippen LogP contribution >= 0.6 is 12.4 Å². The Hall–Kier alpha value is -1.06. The van der Waals surface area contributed by atoms with Crippen LogP contribution in [0.5, 0.6) is 0 Å². The van der Waals surface area contributed by atoms with Crippen molar-refractivity contribution in [2.24, 2.45) is 11.7 Å². The number of nitrogens with two attached hydrogens (primary N) is 1. The van der Waals surface area contributed by atoms with Crippen molar-refractivity contribution in [3.63, 3.8) is 0 Å². The quantitative estimate of drug-likeness (QED) is 0.894. The number of hydrogen-bond acceptors (Lipinski definition) is 2. The van der Waals surface area contributed by atoms with E-state index in [1.54, 1.807) is 0 Å². The Morgan fingerprint density at radius 1 is 1.35 bits per heavy atom. The second-order valence-electron chi connectivity index (χ2n) is 5.89. The molecule has 0 bridgehead atoms. The largest absolute Gasteiger partial charge is 0.328 e. The number of anilines is 1. The molecule has 3 N–H and O–H groups in total. The highest BCUT2D eigenvalue weighted by Crippen LogP contribution is 2.25. The van der Waals surface area contributed by atoms with Crippen molar-refractivity contribution in [1.82, 2.24) is 0 Å². The molecule has 0 spiro atoms. The lowest BCUT2D eigenvalue weighted by atomic mass is 9.85. The molecule has 2 atom stereocenters. The molecule has 0 heterocycles. The standard InChI is InChI=1S/C16H24N2O.ClH/c1-11(2)12-5-4-8-15(10-12)18-16(19)13-6-3-7-14(17)9-13;/h4-5,8,10-11,13-14H,3,6-7,9,17H2,1-2H3,(H,18,19);1H. The first-order valence-electron chi connectivity index (χ1n) is 7.22. The van der Waals surface area contributed by atoms with Crippen LogP contribution in [0.25, 0.3) is 0 Å². The molecule has 2 rings (SSSR count). The van der Waals surface area contributed by atoms with Gasteiger partial charge in [-0.2, -0.15) is 0 Å². The minimum Gasteiger partial charge on any atom is -0.328 e. The summed E-state index contributed by atoms with van der Waals surface area (Å²) in [7, 11) is 0. The van der Waals surface area contributed by atoms with E-state index in [0.29, 0.717) is 5.92 Å². The van der Waals surface area contributed by atoms with Crippen molar-refractivity contribution in [1.29, 1.82) is 0 Å². The van der Waals surface area contributed by atoms with Crippen molar-refractivity contribution in [3.05, 3.63) is 29.8 Å². The molecule has 1 aromatic carbocycles. The maximum absolute atomic E-state index is 12.2. The molecule has 112 valence electrons. The maximum Gasteiger partial charge on any atom is 0.227 e. The lowest BCUT2D eigenvalue weighted by Gasteiger charge is -2.25. The highest BCUT2D eigenvalue weighted by molar-refractivity contribution is 5.92. The second-order valence-corrected chi connectivity index (χ2v) is 5.89. The van der Waals surface area contributed by atoms with E-state index in [-0.39, 0.29) is 30.3 Å². The van der Waals surface area contributed by atoms with Crippen molar-refractivity contribution < 1.29 is 4.79 Å². The van der Waals surface area contributed by atoms with E-state index < -0.39 is 0 Å². The zero-order chi connectivity index (χ0) is 13.8. The molecule has 1 saturated carbocycles. The van der Waals surface area contributed by atoms with E-state index in [9.17, 15) is 4.79 Å². The minimum absolute atomic E-state index is 0. The van der Waals surface area contributed by atoms with Crippen molar-refractivity contribution in [2.75, 3.05) is 5.32 Å². The fraction of sp³-hybridized carbons (Fsp3) is 0.562. The molecule has 20 heavy (non-hydrogen) atoms. The zero-order valence-corrected chi connectivity index (χ0v) is 13.1. The van der Waals surface area contributed by atoms with Gasteiger partial charge >= 0.3 is 0 Å². The van der Waals surface area contributed by atoms with Gasteiger partial charge in [-0.25, -0.2) is 0 Å². The SMILES string of the molecule is CC(C)c1cccc(NC(=O)C2CCCC(N)C2)c1.Cl. The van der Waals surface area contributed by atoms with Gasteiger partial charge in [0, 0.05) is 17.6 Å². The first-order valence-corrected chi connectivity index (χ1v) is 7.22. The Balaban J connectivity index is 0.00000200. The summed E-state index contributed by atoms with van der Waals surface area (Å²) in [5.41, 5.74) is 8.09. The van der Waals surface area contributed by atoms with E-state index >= 15 is 0 Å². The van der Waals surface area contributed by atoms with Gasteiger partial charge in [0.1, 0.15) is 0 Å². The summed E-state index contributed by atoms with van der Waals surface area (Å²) in [5.74, 6) is 0.669. The van der Waals surface area contributed by atoms with Gasteiger partial charge in [0.05, 0.1) is 0 Å². The van der Waals surface area contributed by atoms with E-state index in [4.69, 9.17) is 5.73 Å². The Morgan fingerprint density at radius 3 is 2.75 bits per heavy atom. The summed E-state index contributed by atoms with van der Waals surface area (Å²) in [6, 6.07) is 8.29. The number of carbonyl (C=O) groups is 1. The molecular weight excluding hydrogens is 272 g/mol. The predicted molar refractivity (Wildman–Crippen MR) is 86.3 cm³/mol. The van der Waals surface area contributed by atoms with Gasteiger partial charge in [-0.05, 0) is 42.9 Å². The molecular formula is C16H25ClN2O. The van der Waals surface area contributed by atoms with Gasteiger partial charge in [-0.1, -0.05) is 32.4 Å². The van der Waals surface area contributed by atoms with Crippen LogP contribution in [-0.2, 0) is 4.79 Å². The minimum atomic E-state index is 0. The lowest BCUT2D eigenvalue weighted by molar-refractivity contribution is -0.120. The summed E-state index contributed by atoms with van der Waals surface area (Å²) < 4.78 is 0. The monoisotopic (exact) mass is 296 g/mol. The Morgan fingerprint density at radius 2 is 2.10 bits per heavy atom. The summed E-state index contributed by atoms with van der Waals surface area (Å²) in [6.07, 6.45) is 3.89. The number of carbonyl (C=O) groups excluding carboxylic acids is 1. The van der Waals surface area contributed by atoms with Gasteiger partial charge in [-0.3, -0.25) is 4.79 Å². The van der Waals surface area contributed by atoms with Crippen LogP contribution in [0.4, 0.5) is 5.69 Å². The van der Waals surface area contributed by atoms with Gasteiger partial charge in [-0.15, -0.1) is 12.4 Å². The molecule has 2 unspecified atom stereocenters. The van der Waals surface area contributed by atoms with Crippen LogP contribution in [-0.4, -0.2) is 11.9 Å². The first kappa shape index (κ1) is 17.0. The van der Waals surface area contributed by atoms with Crippen molar-refractivity contribution in [2.45, 2.75) is 51.5 Å². The van der Waals surface area contributed by atoms with Crippen LogP contribution in [0.15, 0.2) is 24.3 Å². The molecule has 1 aromatic rings. The molecule has 0 saturated heterocycles. The Bertz CT molecular complexity index is 448. The summed E-state index contributed by atoms with van der Waals surface area (Å²) in [4.78, 5) is 12.2. The number of halogens is 1. The Labute approximate surface area is 127 Å². The van der Waals surface area contributed by atoms with E-state index in [2.05, 4.69) is 31.3 Å². The highest BCUT2D eigenvalue weighted by Gasteiger charge is 2.25. The third-order valence-corrected chi connectivity index (χ3v) is 3.91. The zero-order valence-electron chi connectivity index (χ0n) is 12.3. The average molecular weight is 297 g/mol. The van der Waals surface area contributed by atoms with Gasteiger partial charge in [0.15, 0.2) is 0 Å². The van der Waals surface area contributed by atoms with Crippen LogP contribution in [0.1, 0.15) is 51.0 Å². The fourth-order valence-electron chi connectivity index (χ4n) is 2.69. The molecule has 1 amide bonds. The van der Waals surface area contributed by atoms with Crippen LogP contribution in [0, 0.1) is 5.92 Å². The molecule has 3 nitrogen and oxygen atoms in total. The number of benzene rings is 1. The lowest BCUT2D eigenvalue weighted by Crippen LogP contribution is -2.34. The number of nitrogens with one attached hydrogen (secondary N) is 1. The number of amides is 1. The predicted octanol–water partition coefficient (Wildman–Crippen LogP) is 3.69. The van der Waals surface area contributed by atoms with Gasteiger partial charge < -0.3 is 11.1 Å². The Kier molecular flexibility index (Phi) is 6.50. The summed E-state index contributed by atoms with van der Waals surface area (Å²) in [5, 5.41) is 3.03. The molecule has 0 aromatic heterocycles. The fourth-order valence-corrected chi connectivity index (χ4v) is 2.69. The molecule has 1 aliphatic rings. The van der Waals surface area contributed by atoms with Crippen LogP contribution in [0.3, 0.4) is 0 Å². The summed E-state index contributed by atoms with van der Waals surface area (Å²) in [6.45, 7) is 4.31. The number of hydrogen-bond donors (Lipinski definition) is 2. The van der Waals surface area contributed by atoms with Crippen molar-refractivity contribution in [3.8, 4) is 0 Å². The van der Waals surface area contributed by atoms with E-state index in [1.165, 1.54) is 5.56 Å². The summed E-state index contributed by atoms with van der Waals surface area (Å²) >= 11 is 0. The van der Waals surface area contributed by atoms with Gasteiger partial charge in [0.2, 0.25) is 5.91 Å². The maximum atomic E-state index is 12.2. The smallest absolute Gasteiger partial charge is 0.227 e. The van der Waals surface area contributed by atoms with Crippen LogP contribution < -0.4 is 11.1 Å². The van der Waals surface area contributed by atoms with Crippen LogP contribution in [0.2, 0.25) is 0 Å². The van der Waals surface area contributed by atoms with E-state index in [0.717, 1.165) is 31.4 Å². The van der Waals surface area contributed by atoms with Crippen molar-refractivity contribution >= 4 is 24.0 Å². The second kappa shape index (κ2) is 7.65. The third-order valence-electron chi connectivity index (χ3n) is 3.91. The average Bonchev–Trinajstić information content (AvgIpc) is 2.39. The number of rotatable bonds is 3. The van der Waals surface area contributed by atoms with Gasteiger partial charge in [0.25, 0.3) is 0 Å². The molecule has 1 aliphatic carbocycles. The topological polar surface area (TPSA) is 55.1 Å².